The molecule has 0 aromatic heterocycles. The van der Waals surface area contributed by atoms with Crippen LogP contribution in [0.5, 0.6) is 5.75 Å². The molecule has 0 N–H and O–H groups in total. The quantitative estimate of drug-likeness (QED) is 0.432. The molecule has 28 heavy (non-hydrogen) atoms. The first-order chi connectivity index (χ1) is 13.7. The molecule has 0 aliphatic heterocycles. The Bertz CT molecular complexity index is 952. The van der Waals surface area contributed by atoms with Crippen LogP contribution in [0.4, 0.5) is 5.69 Å². The minimum atomic E-state index is -0.253. The molecule has 0 atom stereocenters. The lowest BCUT2D eigenvalue weighted by molar-refractivity contribution is -0.120. The molecule has 0 heterocycles. The molecule has 1 amide bonds. The highest BCUT2D eigenvalue weighted by Crippen LogP contribution is 2.24. The summed E-state index contributed by atoms with van der Waals surface area (Å²) in [6.45, 7) is 3.88. The third-order valence-corrected chi connectivity index (χ3v) is 4.19. The topological polar surface area (TPSA) is 46.6 Å². The summed E-state index contributed by atoms with van der Waals surface area (Å²) in [6, 6.07) is 25.2. The molecule has 0 radical (unpaired) electrons. The molecule has 0 aliphatic rings. The van der Waals surface area contributed by atoms with E-state index in [0.29, 0.717) is 22.6 Å². The van der Waals surface area contributed by atoms with Crippen LogP contribution in [-0.2, 0) is 4.79 Å². The van der Waals surface area contributed by atoms with Crippen molar-refractivity contribution in [2.75, 3.05) is 18.1 Å². The van der Waals surface area contributed by atoms with E-state index in [9.17, 15) is 9.59 Å². The highest BCUT2D eigenvalue weighted by molar-refractivity contribution is 6.14. The lowest BCUT2D eigenvalue weighted by Gasteiger charge is -2.24. The molecule has 0 saturated carbocycles. The molecular weight excluding hydrogens is 350 g/mol. The van der Waals surface area contributed by atoms with Crippen molar-refractivity contribution in [3.8, 4) is 5.75 Å². The van der Waals surface area contributed by atoms with Gasteiger partial charge >= 0.3 is 0 Å². The van der Waals surface area contributed by atoms with Gasteiger partial charge in [0.2, 0.25) is 0 Å². The Balaban J connectivity index is 1.86. The van der Waals surface area contributed by atoms with Crippen LogP contribution in [0.15, 0.2) is 97.6 Å². The number of rotatable bonds is 8. The van der Waals surface area contributed by atoms with Gasteiger partial charge in [0.25, 0.3) is 5.91 Å². The van der Waals surface area contributed by atoms with Gasteiger partial charge in [0.1, 0.15) is 5.75 Å². The number of nitrogens with zero attached hydrogens (tertiary/aromatic N) is 1. The van der Waals surface area contributed by atoms with Crippen molar-refractivity contribution in [1.29, 1.82) is 0 Å². The molecule has 0 bridgehead atoms. The maximum Gasteiger partial charge on any atom is 0.265 e. The Kier molecular flexibility index (Phi) is 6.37. The van der Waals surface area contributed by atoms with E-state index < -0.39 is 0 Å². The van der Waals surface area contributed by atoms with Crippen molar-refractivity contribution in [2.45, 2.75) is 0 Å². The summed E-state index contributed by atoms with van der Waals surface area (Å²) in [5.74, 6) is 0.224. The number of para-hydroxylation sites is 2. The summed E-state index contributed by atoms with van der Waals surface area (Å²) >= 11 is 0. The molecule has 4 heteroatoms. The smallest absolute Gasteiger partial charge is 0.265 e. The van der Waals surface area contributed by atoms with Crippen molar-refractivity contribution in [3.05, 3.63) is 109 Å². The molecule has 3 aromatic rings. The Morgan fingerprint density at radius 2 is 1.46 bits per heavy atom. The SMILES string of the molecule is C=CCN(C(=O)COc1ccccc1)c1ccccc1C(=O)c1ccccc1. The zero-order valence-electron chi connectivity index (χ0n) is 15.5. The van der Waals surface area contributed by atoms with E-state index in [1.165, 1.54) is 4.90 Å². The normalized spacial score (nSPS) is 10.1. The van der Waals surface area contributed by atoms with Gasteiger partial charge < -0.3 is 9.64 Å². The number of ketones is 1. The third kappa shape index (κ3) is 4.54. The van der Waals surface area contributed by atoms with Gasteiger partial charge in [0, 0.05) is 17.7 Å². The van der Waals surface area contributed by atoms with Crippen LogP contribution >= 0.6 is 0 Å². The fourth-order valence-electron chi connectivity index (χ4n) is 2.85. The number of carbonyl (C=O) groups is 2. The highest BCUT2D eigenvalue weighted by atomic mass is 16.5. The van der Waals surface area contributed by atoms with Crippen molar-refractivity contribution >= 4 is 17.4 Å². The molecule has 0 spiro atoms. The monoisotopic (exact) mass is 371 g/mol. The summed E-state index contributed by atoms with van der Waals surface area (Å²) in [7, 11) is 0. The Morgan fingerprint density at radius 3 is 2.14 bits per heavy atom. The van der Waals surface area contributed by atoms with Crippen LogP contribution in [0.3, 0.4) is 0 Å². The first kappa shape index (κ1) is 19.1. The molecule has 140 valence electrons. The molecule has 0 unspecified atom stereocenters. The summed E-state index contributed by atoms with van der Waals surface area (Å²) in [6.07, 6.45) is 1.63. The Morgan fingerprint density at radius 1 is 0.857 bits per heavy atom. The van der Waals surface area contributed by atoms with Crippen LogP contribution in [0.2, 0.25) is 0 Å². The van der Waals surface area contributed by atoms with Crippen molar-refractivity contribution in [1.82, 2.24) is 0 Å². The highest BCUT2D eigenvalue weighted by Gasteiger charge is 2.21. The number of carbonyl (C=O) groups excluding carboxylic acids is 2. The minimum Gasteiger partial charge on any atom is -0.484 e. The summed E-state index contributed by atoms with van der Waals surface area (Å²) in [4.78, 5) is 27.4. The number of amides is 1. The summed E-state index contributed by atoms with van der Waals surface area (Å²) in [5, 5.41) is 0. The molecular formula is C24H21NO3. The average Bonchev–Trinajstić information content (AvgIpc) is 2.76. The van der Waals surface area contributed by atoms with E-state index >= 15 is 0 Å². The lowest BCUT2D eigenvalue weighted by Crippen LogP contribution is -2.36. The second-order valence-corrected chi connectivity index (χ2v) is 6.11. The van der Waals surface area contributed by atoms with Crippen LogP contribution in [0, 0.1) is 0 Å². The van der Waals surface area contributed by atoms with Crippen LogP contribution in [0.1, 0.15) is 15.9 Å². The zero-order chi connectivity index (χ0) is 19.8. The molecule has 0 fully saturated rings. The van der Waals surface area contributed by atoms with E-state index in [0.717, 1.165) is 0 Å². The molecule has 0 aliphatic carbocycles. The number of ether oxygens (including phenoxy) is 1. The molecule has 0 saturated heterocycles. The van der Waals surface area contributed by atoms with Gasteiger partial charge in [-0.2, -0.15) is 0 Å². The zero-order valence-corrected chi connectivity index (χ0v) is 15.5. The first-order valence-corrected chi connectivity index (χ1v) is 8.98. The van der Waals surface area contributed by atoms with Gasteiger partial charge in [0.05, 0.1) is 5.69 Å². The number of anilines is 1. The first-order valence-electron chi connectivity index (χ1n) is 8.98. The Labute approximate surface area is 164 Å². The van der Waals surface area contributed by atoms with Gasteiger partial charge in [0.15, 0.2) is 12.4 Å². The van der Waals surface area contributed by atoms with Crippen LogP contribution in [0.25, 0.3) is 0 Å². The molecule has 3 rings (SSSR count). The van der Waals surface area contributed by atoms with Crippen LogP contribution < -0.4 is 9.64 Å². The minimum absolute atomic E-state index is 0.133. The fraction of sp³-hybridized carbons (Fsp3) is 0.0833. The van der Waals surface area contributed by atoms with Gasteiger partial charge in [-0.3, -0.25) is 9.59 Å². The van der Waals surface area contributed by atoms with Gasteiger partial charge in [-0.25, -0.2) is 0 Å². The van der Waals surface area contributed by atoms with Gasteiger partial charge in [-0.1, -0.05) is 66.7 Å². The Hall–Kier alpha value is -3.66. The largest absolute Gasteiger partial charge is 0.484 e. The fourth-order valence-corrected chi connectivity index (χ4v) is 2.85. The average molecular weight is 371 g/mol. The molecule has 3 aromatic carbocycles. The second kappa shape index (κ2) is 9.33. The van der Waals surface area contributed by atoms with Gasteiger partial charge in [-0.05, 0) is 24.3 Å². The van der Waals surface area contributed by atoms with Crippen molar-refractivity contribution < 1.29 is 14.3 Å². The standard InChI is InChI=1S/C24H21NO3/c1-2-17-25(23(26)18-28-20-13-7-4-8-14-20)22-16-10-9-15-21(22)24(27)19-11-5-3-6-12-19/h2-16H,1,17-18H2. The second-order valence-electron chi connectivity index (χ2n) is 6.11. The number of benzene rings is 3. The van der Waals surface area contributed by atoms with Crippen molar-refractivity contribution in [2.24, 2.45) is 0 Å². The van der Waals surface area contributed by atoms with E-state index in [4.69, 9.17) is 4.74 Å². The van der Waals surface area contributed by atoms with Gasteiger partial charge in [-0.15, -0.1) is 6.58 Å². The summed E-state index contributed by atoms with van der Waals surface area (Å²) < 4.78 is 5.59. The van der Waals surface area contributed by atoms with E-state index in [1.54, 1.807) is 54.6 Å². The van der Waals surface area contributed by atoms with E-state index in [-0.39, 0.29) is 24.8 Å². The van der Waals surface area contributed by atoms with E-state index in [1.807, 2.05) is 36.4 Å². The predicted octanol–water partition coefficient (Wildman–Crippen LogP) is 4.52. The third-order valence-electron chi connectivity index (χ3n) is 4.19. The number of hydrogen-bond acceptors (Lipinski definition) is 3. The van der Waals surface area contributed by atoms with E-state index in [2.05, 4.69) is 6.58 Å². The maximum absolute atomic E-state index is 13.0. The molecule has 4 nitrogen and oxygen atoms in total. The maximum atomic E-state index is 13.0. The van der Waals surface area contributed by atoms with Crippen LogP contribution in [-0.4, -0.2) is 24.8 Å². The number of hydrogen-bond donors (Lipinski definition) is 0. The van der Waals surface area contributed by atoms with Crippen molar-refractivity contribution in [3.63, 3.8) is 0 Å². The summed E-state index contributed by atoms with van der Waals surface area (Å²) in [5.41, 5.74) is 1.57. The predicted molar refractivity (Wildman–Crippen MR) is 111 cm³/mol. The lowest BCUT2D eigenvalue weighted by atomic mass is 10.0.